The van der Waals surface area contributed by atoms with E-state index in [1.807, 2.05) is 12.1 Å². The lowest BCUT2D eigenvalue weighted by molar-refractivity contribution is 0.411. The number of benzene rings is 4. The Morgan fingerprint density at radius 3 is 1.59 bits per heavy atom. The van der Waals surface area contributed by atoms with Crippen molar-refractivity contribution in [2.24, 2.45) is 0 Å². The molecule has 0 saturated carbocycles. The summed E-state index contributed by atoms with van der Waals surface area (Å²) in [6.45, 7) is 6.48. The van der Waals surface area contributed by atoms with Gasteiger partial charge in [0.05, 0.1) is 12.5 Å². The number of hydrogen-bond donors (Lipinski definition) is 0. The van der Waals surface area contributed by atoms with Gasteiger partial charge in [0, 0.05) is 11.1 Å². The van der Waals surface area contributed by atoms with E-state index in [2.05, 4.69) is 81.1 Å². The molecule has 0 aromatic heterocycles. The third-order valence-electron chi connectivity index (χ3n) is 7.74. The quantitative estimate of drug-likeness (QED) is 0.254. The first-order valence-electron chi connectivity index (χ1n) is 11.5. The lowest BCUT2D eigenvalue weighted by Gasteiger charge is -2.31. The fourth-order valence-electron chi connectivity index (χ4n) is 6.02. The summed E-state index contributed by atoms with van der Waals surface area (Å²) in [5, 5.41) is 0. The number of hydrogen-bond acceptors (Lipinski definition) is 1. The van der Waals surface area contributed by atoms with Gasteiger partial charge in [0.1, 0.15) is 5.75 Å². The number of rotatable bonds is 1. The van der Waals surface area contributed by atoms with Gasteiger partial charge in [0.2, 0.25) is 0 Å². The molecule has 1 atom stereocenters. The molecule has 0 aliphatic heterocycles. The highest BCUT2D eigenvalue weighted by Gasteiger charge is 2.52. The Kier molecular flexibility index (Phi) is 4.14. The van der Waals surface area contributed by atoms with Crippen LogP contribution in [0.15, 0.2) is 60.7 Å². The molecule has 2 aliphatic carbocycles. The van der Waals surface area contributed by atoms with E-state index in [0.717, 1.165) is 22.4 Å². The van der Waals surface area contributed by atoms with Gasteiger partial charge < -0.3 is 4.74 Å². The van der Waals surface area contributed by atoms with Gasteiger partial charge in [0.15, 0.2) is 0 Å². The molecular weight excluding hydrogens is 412 g/mol. The summed E-state index contributed by atoms with van der Waals surface area (Å²) < 4.78 is 5.73. The molecule has 0 bridgehead atoms. The summed E-state index contributed by atoms with van der Waals surface area (Å²) in [5.74, 6) is 6.61. The largest absolute Gasteiger partial charge is 0.496 e. The Balaban J connectivity index is 1.87. The third kappa shape index (κ3) is 2.37. The van der Waals surface area contributed by atoms with E-state index in [1.54, 1.807) is 7.11 Å². The second-order valence-corrected chi connectivity index (χ2v) is 9.41. The van der Waals surface area contributed by atoms with Crippen molar-refractivity contribution in [2.75, 3.05) is 7.11 Å². The van der Waals surface area contributed by atoms with Crippen molar-refractivity contribution < 1.29 is 4.74 Å². The molecule has 1 nitrogen and oxygen atoms in total. The van der Waals surface area contributed by atoms with E-state index in [0.29, 0.717) is 0 Å². The minimum absolute atomic E-state index is 0.482. The Bertz CT molecular complexity index is 1640. The summed E-state index contributed by atoms with van der Waals surface area (Å²) in [6.07, 6.45) is 11.8. The zero-order chi connectivity index (χ0) is 23.8. The minimum Gasteiger partial charge on any atom is -0.496 e. The molecule has 1 unspecified atom stereocenters. The first-order valence-corrected chi connectivity index (χ1v) is 11.5. The van der Waals surface area contributed by atoms with E-state index in [4.69, 9.17) is 17.6 Å². The first kappa shape index (κ1) is 20.4. The van der Waals surface area contributed by atoms with Crippen LogP contribution in [0.2, 0.25) is 0 Å². The molecule has 34 heavy (non-hydrogen) atoms. The zero-order valence-corrected chi connectivity index (χ0v) is 19.8. The smallest absolute Gasteiger partial charge is 0.122 e. The second kappa shape index (κ2) is 6.90. The summed E-state index contributed by atoms with van der Waals surface area (Å²) in [5.41, 5.74) is 14.8. The summed E-state index contributed by atoms with van der Waals surface area (Å²) >= 11 is 0. The van der Waals surface area contributed by atoms with Crippen molar-refractivity contribution in [3.05, 3.63) is 111 Å². The van der Waals surface area contributed by atoms with Gasteiger partial charge in [-0.05, 0) is 112 Å². The monoisotopic (exact) mass is 436 g/mol. The maximum absolute atomic E-state index is 5.89. The van der Waals surface area contributed by atoms with Gasteiger partial charge in [-0.2, -0.15) is 0 Å². The SMILES string of the molecule is C#Cc1ccc2c(c1)C1(c3cc(C#C)ccc3-c3cc(OC)c(C)cc31)c1cc(C)c(C)cc1-2. The van der Waals surface area contributed by atoms with Crippen molar-refractivity contribution in [1.29, 1.82) is 0 Å². The number of fused-ring (bicyclic) bond motifs is 10. The Hall–Kier alpha value is -4.20. The molecule has 1 heteroatoms. The molecule has 0 heterocycles. The van der Waals surface area contributed by atoms with Crippen LogP contribution >= 0.6 is 0 Å². The Morgan fingerprint density at radius 2 is 1.06 bits per heavy atom. The predicted octanol–water partition coefficient (Wildman–Crippen LogP) is 6.93. The average molecular weight is 437 g/mol. The predicted molar refractivity (Wildman–Crippen MR) is 139 cm³/mol. The number of aryl methyl sites for hydroxylation is 3. The van der Waals surface area contributed by atoms with Crippen LogP contribution in [-0.2, 0) is 5.41 Å². The molecule has 0 N–H and O–H groups in total. The van der Waals surface area contributed by atoms with Crippen molar-refractivity contribution in [2.45, 2.75) is 26.2 Å². The maximum atomic E-state index is 5.89. The third-order valence-corrected chi connectivity index (χ3v) is 7.74. The molecule has 0 amide bonds. The van der Waals surface area contributed by atoms with Gasteiger partial charge in [-0.1, -0.05) is 42.2 Å². The molecule has 4 aromatic carbocycles. The Morgan fingerprint density at radius 1 is 0.588 bits per heavy atom. The van der Waals surface area contributed by atoms with Crippen LogP contribution in [0.1, 0.15) is 50.1 Å². The van der Waals surface area contributed by atoms with E-state index >= 15 is 0 Å². The van der Waals surface area contributed by atoms with Gasteiger partial charge in [-0.25, -0.2) is 0 Å². The molecule has 2 aliphatic rings. The fourth-order valence-corrected chi connectivity index (χ4v) is 6.02. The summed E-state index contributed by atoms with van der Waals surface area (Å²) in [4.78, 5) is 0. The van der Waals surface area contributed by atoms with Gasteiger partial charge >= 0.3 is 0 Å². The summed E-state index contributed by atoms with van der Waals surface area (Å²) in [6, 6.07) is 22.0. The van der Waals surface area contributed by atoms with E-state index in [1.165, 1.54) is 55.6 Å². The van der Waals surface area contributed by atoms with Crippen molar-refractivity contribution in [3.8, 4) is 52.7 Å². The molecule has 4 aromatic rings. The summed E-state index contributed by atoms with van der Waals surface area (Å²) in [7, 11) is 1.73. The number of terminal acetylenes is 2. The van der Waals surface area contributed by atoms with Crippen molar-refractivity contribution in [1.82, 2.24) is 0 Å². The van der Waals surface area contributed by atoms with Crippen molar-refractivity contribution >= 4 is 0 Å². The molecule has 0 radical (unpaired) electrons. The number of ether oxygens (including phenoxy) is 1. The zero-order valence-electron chi connectivity index (χ0n) is 19.8. The topological polar surface area (TPSA) is 9.23 Å². The highest BCUT2D eigenvalue weighted by atomic mass is 16.5. The van der Waals surface area contributed by atoms with Crippen molar-refractivity contribution in [3.63, 3.8) is 0 Å². The highest BCUT2D eigenvalue weighted by Crippen LogP contribution is 2.63. The highest BCUT2D eigenvalue weighted by molar-refractivity contribution is 5.96. The van der Waals surface area contributed by atoms with Crippen LogP contribution < -0.4 is 4.74 Å². The molecule has 1 spiro atoms. The van der Waals surface area contributed by atoms with Gasteiger partial charge in [-0.15, -0.1) is 12.8 Å². The fraction of sp³-hybridized carbons (Fsp3) is 0.152. The van der Waals surface area contributed by atoms with Crippen LogP contribution in [0, 0.1) is 45.5 Å². The van der Waals surface area contributed by atoms with Crippen LogP contribution in [0.5, 0.6) is 5.75 Å². The minimum atomic E-state index is -0.482. The number of methoxy groups -OCH3 is 1. The van der Waals surface area contributed by atoms with E-state index in [-0.39, 0.29) is 0 Å². The van der Waals surface area contributed by atoms with Crippen LogP contribution in [-0.4, -0.2) is 7.11 Å². The van der Waals surface area contributed by atoms with Crippen LogP contribution in [0.25, 0.3) is 22.3 Å². The van der Waals surface area contributed by atoms with E-state index in [9.17, 15) is 0 Å². The average Bonchev–Trinajstić information content (AvgIpc) is 3.28. The lowest BCUT2D eigenvalue weighted by Crippen LogP contribution is -2.26. The maximum Gasteiger partial charge on any atom is 0.122 e. The molecular formula is C33H24O. The standard InChI is InChI=1S/C33H24O/c1-7-22-9-11-24-26-13-19(3)20(4)14-28(26)33(30(24)16-22)29-15-21(5)32(34-6)18-27(29)25-12-10-23(8-2)17-31(25)33/h1-2,9-18H,3-6H3. The molecule has 0 fully saturated rings. The first-order chi connectivity index (χ1) is 16.4. The van der Waals surface area contributed by atoms with Gasteiger partial charge in [0.25, 0.3) is 0 Å². The van der Waals surface area contributed by atoms with Crippen LogP contribution in [0.4, 0.5) is 0 Å². The molecule has 162 valence electrons. The normalized spacial score (nSPS) is 16.3. The second-order valence-electron chi connectivity index (χ2n) is 9.41. The van der Waals surface area contributed by atoms with E-state index < -0.39 is 5.41 Å². The lowest BCUT2D eigenvalue weighted by atomic mass is 9.69. The van der Waals surface area contributed by atoms with Crippen LogP contribution in [0.3, 0.4) is 0 Å². The molecule has 6 rings (SSSR count). The Labute approximate surface area is 201 Å². The van der Waals surface area contributed by atoms with Gasteiger partial charge in [-0.3, -0.25) is 0 Å². The molecule has 0 saturated heterocycles.